The van der Waals surface area contributed by atoms with Crippen LogP contribution in [-0.4, -0.2) is 36.4 Å². The van der Waals surface area contributed by atoms with Crippen molar-refractivity contribution in [2.24, 2.45) is 5.10 Å². The number of H-pyrrole nitrogens is 1. The number of nitrogens with one attached hydrogen (secondary N) is 2. The Morgan fingerprint density at radius 1 is 1.09 bits per heavy atom. The summed E-state index contributed by atoms with van der Waals surface area (Å²) in [5, 5.41) is 11.7. The number of hydrogen-bond donors (Lipinski definition) is 2. The average molecular weight is 474 g/mol. The van der Waals surface area contributed by atoms with E-state index in [2.05, 4.69) is 20.7 Å². The minimum Gasteiger partial charge on any atom is -0.489 e. The van der Waals surface area contributed by atoms with Gasteiger partial charge in [-0.25, -0.2) is 5.43 Å². The molecule has 8 heteroatoms. The first-order chi connectivity index (χ1) is 16.5. The smallest absolute Gasteiger partial charge is 0.289 e. The van der Waals surface area contributed by atoms with Crippen molar-refractivity contribution in [2.75, 3.05) is 19.0 Å². The van der Waals surface area contributed by atoms with Crippen LogP contribution in [0.25, 0.3) is 11.3 Å². The molecule has 0 radical (unpaired) electrons. The standard InChI is InChI=1S/C26H24ClN5O2/c1-32(2)21-12-10-18(11-13-21)16-28-31-26(33)25-15-24(29-30-25)19-7-5-8-22(14-19)34-17-20-6-3-4-9-23(20)27/h3-16H,17H2,1-2H3,(H,29,30)(H,31,33)/b28-16-. The third kappa shape index (κ3) is 5.82. The Hall–Kier alpha value is -4.10. The van der Waals surface area contributed by atoms with Gasteiger partial charge in [0.15, 0.2) is 0 Å². The third-order valence-corrected chi connectivity index (χ3v) is 5.46. The summed E-state index contributed by atoms with van der Waals surface area (Å²) in [4.78, 5) is 14.5. The normalized spacial score (nSPS) is 10.9. The first kappa shape index (κ1) is 23.1. The van der Waals surface area contributed by atoms with Gasteiger partial charge < -0.3 is 9.64 Å². The van der Waals surface area contributed by atoms with Gasteiger partial charge in [-0.2, -0.15) is 10.2 Å². The fourth-order valence-corrected chi connectivity index (χ4v) is 3.38. The van der Waals surface area contributed by atoms with Crippen LogP contribution >= 0.6 is 11.6 Å². The average Bonchev–Trinajstić information content (AvgIpc) is 3.35. The van der Waals surface area contributed by atoms with Crippen LogP contribution in [0.3, 0.4) is 0 Å². The third-order valence-electron chi connectivity index (χ3n) is 5.09. The lowest BCUT2D eigenvalue weighted by Gasteiger charge is -2.11. The molecule has 0 aliphatic carbocycles. The molecule has 4 aromatic rings. The van der Waals surface area contributed by atoms with Crippen LogP contribution in [0.15, 0.2) is 84.0 Å². The number of nitrogens with zero attached hydrogens (tertiary/aromatic N) is 3. The van der Waals surface area contributed by atoms with Gasteiger partial charge in [0.1, 0.15) is 18.1 Å². The summed E-state index contributed by atoms with van der Waals surface area (Å²) < 4.78 is 5.88. The largest absolute Gasteiger partial charge is 0.489 e. The lowest BCUT2D eigenvalue weighted by Crippen LogP contribution is -2.18. The van der Waals surface area contributed by atoms with Crippen molar-refractivity contribution in [3.8, 4) is 17.0 Å². The van der Waals surface area contributed by atoms with Gasteiger partial charge in [0, 0.05) is 35.9 Å². The van der Waals surface area contributed by atoms with E-state index in [1.807, 2.05) is 91.8 Å². The Morgan fingerprint density at radius 3 is 2.65 bits per heavy atom. The quantitative estimate of drug-likeness (QED) is 0.274. The number of benzene rings is 3. The highest BCUT2D eigenvalue weighted by Crippen LogP contribution is 2.24. The number of amides is 1. The number of aromatic amines is 1. The van der Waals surface area contributed by atoms with Crippen LogP contribution in [0, 0.1) is 0 Å². The molecular formula is C26H24ClN5O2. The molecule has 2 N–H and O–H groups in total. The number of ether oxygens (including phenoxy) is 1. The van der Waals surface area contributed by atoms with E-state index in [1.165, 1.54) is 0 Å². The number of halogens is 1. The first-order valence-corrected chi connectivity index (χ1v) is 11.0. The maximum atomic E-state index is 12.4. The van der Waals surface area contributed by atoms with Crippen LogP contribution in [-0.2, 0) is 6.61 Å². The molecule has 4 rings (SSSR count). The van der Waals surface area contributed by atoms with Gasteiger partial charge in [0.2, 0.25) is 0 Å². The zero-order valence-corrected chi connectivity index (χ0v) is 19.6. The Morgan fingerprint density at radius 2 is 1.88 bits per heavy atom. The molecule has 0 saturated carbocycles. The topological polar surface area (TPSA) is 82.6 Å². The Balaban J connectivity index is 1.37. The molecule has 3 aromatic carbocycles. The maximum Gasteiger partial charge on any atom is 0.289 e. The van der Waals surface area contributed by atoms with Crippen LogP contribution in [0.4, 0.5) is 5.69 Å². The van der Waals surface area contributed by atoms with Gasteiger partial charge in [-0.15, -0.1) is 0 Å². The Bertz CT molecular complexity index is 1300. The number of hydrazone groups is 1. The van der Waals surface area contributed by atoms with Crippen LogP contribution in [0.5, 0.6) is 5.75 Å². The molecule has 0 aliphatic rings. The second kappa shape index (κ2) is 10.7. The van der Waals surface area contributed by atoms with Gasteiger partial charge in [-0.3, -0.25) is 9.89 Å². The summed E-state index contributed by atoms with van der Waals surface area (Å²) in [6, 6.07) is 24.5. The highest BCUT2D eigenvalue weighted by Gasteiger charge is 2.11. The van der Waals surface area contributed by atoms with E-state index in [-0.39, 0.29) is 5.91 Å². The summed E-state index contributed by atoms with van der Waals surface area (Å²) in [5.41, 5.74) is 7.13. The summed E-state index contributed by atoms with van der Waals surface area (Å²) in [5.74, 6) is 0.294. The predicted molar refractivity (Wildman–Crippen MR) is 136 cm³/mol. The molecule has 172 valence electrons. The highest BCUT2D eigenvalue weighted by atomic mass is 35.5. The lowest BCUT2D eigenvalue weighted by molar-refractivity contribution is 0.0950. The first-order valence-electron chi connectivity index (χ1n) is 10.6. The van der Waals surface area contributed by atoms with Gasteiger partial charge in [-0.05, 0) is 42.0 Å². The van der Waals surface area contributed by atoms with E-state index in [0.29, 0.717) is 28.8 Å². The molecule has 1 aromatic heterocycles. The molecule has 1 heterocycles. The Kier molecular flexibility index (Phi) is 7.25. The van der Waals surface area contributed by atoms with E-state index in [1.54, 1.807) is 12.3 Å². The molecular weight excluding hydrogens is 450 g/mol. The fourth-order valence-electron chi connectivity index (χ4n) is 3.19. The molecule has 7 nitrogen and oxygen atoms in total. The van der Waals surface area contributed by atoms with Crippen molar-refractivity contribution in [2.45, 2.75) is 6.61 Å². The summed E-state index contributed by atoms with van der Waals surface area (Å²) in [6.45, 7) is 0.354. The number of aromatic nitrogens is 2. The van der Waals surface area contributed by atoms with Crippen molar-refractivity contribution in [1.82, 2.24) is 15.6 Å². The monoisotopic (exact) mass is 473 g/mol. The minimum atomic E-state index is -0.383. The van der Waals surface area contributed by atoms with E-state index in [0.717, 1.165) is 22.4 Å². The fraction of sp³-hybridized carbons (Fsp3) is 0.115. The van der Waals surface area contributed by atoms with E-state index < -0.39 is 0 Å². The van der Waals surface area contributed by atoms with Crippen LogP contribution in [0.1, 0.15) is 21.6 Å². The van der Waals surface area contributed by atoms with E-state index >= 15 is 0 Å². The number of anilines is 1. The molecule has 0 spiro atoms. The number of carbonyl (C=O) groups excluding carboxylic acids is 1. The molecule has 0 aliphatic heterocycles. The number of hydrogen-bond acceptors (Lipinski definition) is 5. The molecule has 0 saturated heterocycles. The molecule has 34 heavy (non-hydrogen) atoms. The van der Waals surface area contributed by atoms with Gasteiger partial charge in [0.25, 0.3) is 5.91 Å². The van der Waals surface area contributed by atoms with Crippen molar-refractivity contribution < 1.29 is 9.53 Å². The summed E-state index contributed by atoms with van der Waals surface area (Å²) >= 11 is 6.19. The SMILES string of the molecule is CN(C)c1ccc(/C=N\NC(=O)c2cc(-c3cccc(OCc4ccccc4Cl)c3)n[nH]2)cc1. The van der Waals surface area contributed by atoms with Crippen molar-refractivity contribution in [3.05, 3.63) is 101 Å². The Labute approximate surface area is 203 Å². The number of carbonyl (C=O) groups is 1. The van der Waals surface area contributed by atoms with Gasteiger partial charge >= 0.3 is 0 Å². The van der Waals surface area contributed by atoms with Crippen LogP contribution in [0.2, 0.25) is 5.02 Å². The second-order valence-electron chi connectivity index (χ2n) is 7.76. The lowest BCUT2D eigenvalue weighted by atomic mass is 10.1. The summed E-state index contributed by atoms with van der Waals surface area (Å²) in [7, 11) is 3.96. The van der Waals surface area contributed by atoms with Crippen LogP contribution < -0.4 is 15.1 Å². The van der Waals surface area contributed by atoms with E-state index in [9.17, 15) is 4.79 Å². The second-order valence-corrected chi connectivity index (χ2v) is 8.17. The highest BCUT2D eigenvalue weighted by molar-refractivity contribution is 6.31. The maximum absolute atomic E-state index is 12.4. The van der Waals surface area contributed by atoms with Gasteiger partial charge in [-0.1, -0.05) is 54.1 Å². The van der Waals surface area contributed by atoms with Crippen molar-refractivity contribution in [3.63, 3.8) is 0 Å². The molecule has 0 unspecified atom stereocenters. The number of rotatable bonds is 8. The van der Waals surface area contributed by atoms with E-state index in [4.69, 9.17) is 16.3 Å². The zero-order valence-electron chi connectivity index (χ0n) is 18.8. The molecule has 1 amide bonds. The zero-order chi connectivity index (χ0) is 23.9. The molecule has 0 bridgehead atoms. The van der Waals surface area contributed by atoms with Crippen molar-refractivity contribution >= 4 is 29.4 Å². The minimum absolute atomic E-state index is 0.303. The molecule has 0 atom stereocenters. The predicted octanol–water partition coefficient (Wildman–Crippen LogP) is 5.14. The van der Waals surface area contributed by atoms with Crippen molar-refractivity contribution in [1.29, 1.82) is 0 Å². The molecule has 0 fully saturated rings. The summed E-state index contributed by atoms with van der Waals surface area (Å²) in [6.07, 6.45) is 1.59. The van der Waals surface area contributed by atoms with Gasteiger partial charge in [0.05, 0.1) is 11.9 Å².